The van der Waals surface area contributed by atoms with E-state index in [1.807, 2.05) is 0 Å². The Morgan fingerprint density at radius 1 is 1.63 bits per heavy atom. The van der Waals surface area contributed by atoms with Gasteiger partial charge >= 0.3 is 5.97 Å². The van der Waals surface area contributed by atoms with Crippen molar-refractivity contribution in [3.05, 3.63) is 16.1 Å². The van der Waals surface area contributed by atoms with Gasteiger partial charge in [0.05, 0.1) is 7.11 Å². The molecular weight excluding hydrogens is 318 g/mol. The van der Waals surface area contributed by atoms with Gasteiger partial charge < -0.3 is 25.1 Å². The SMILES string of the molecule is COc1c(C(N)CCC(=O)O)cc2c(c1Br)OCO2. The molecule has 1 aromatic rings. The number of carboxylic acid groups (broad SMARTS) is 1. The maximum absolute atomic E-state index is 10.6. The number of carbonyl (C=O) groups is 1. The van der Waals surface area contributed by atoms with E-state index in [1.165, 1.54) is 7.11 Å². The fraction of sp³-hybridized carbons (Fsp3) is 0.417. The van der Waals surface area contributed by atoms with Crippen LogP contribution in [0, 0.1) is 0 Å². The lowest BCUT2D eigenvalue weighted by Crippen LogP contribution is -2.13. The van der Waals surface area contributed by atoms with Gasteiger partial charge in [0.1, 0.15) is 10.2 Å². The lowest BCUT2D eigenvalue weighted by molar-refractivity contribution is -0.137. The minimum atomic E-state index is -0.880. The molecular formula is C12H14BrNO5. The van der Waals surface area contributed by atoms with Crippen LogP contribution >= 0.6 is 15.9 Å². The molecule has 0 fully saturated rings. The van der Waals surface area contributed by atoms with E-state index < -0.39 is 12.0 Å². The number of methoxy groups -OCH3 is 1. The van der Waals surface area contributed by atoms with Gasteiger partial charge in [-0.1, -0.05) is 0 Å². The maximum atomic E-state index is 10.6. The van der Waals surface area contributed by atoms with Gasteiger partial charge in [0.25, 0.3) is 0 Å². The fourth-order valence-corrected chi connectivity index (χ4v) is 2.62. The second kappa shape index (κ2) is 5.66. The Kier molecular flexibility index (Phi) is 4.16. The topological polar surface area (TPSA) is 91.0 Å². The van der Waals surface area contributed by atoms with Gasteiger partial charge in [-0.3, -0.25) is 4.79 Å². The quantitative estimate of drug-likeness (QED) is 0.858. The Bertz CT molecular complexity index is 505. The van der Waals surface area contributed by atoms with Gasteiger partial charge in [-0.05, 0) is 28.4 Å². The van der Waals surface area contributed by atoms with Gasteiger partial charge in [0.15, 0.2) is 11.5 Å². The molecule has 7 heteroatoms. The first-order valence-electron chi connectivity index (χ1n) is 5.68. The van der Waals surface area contributed by atoms with Gasteiger partial charge in [-0.15, -0.1) is 0 Å². The maximum Gasteiger partial charge on any atom is 0.303 e. The number of ether oxygens (including phenoxy) is 3. The molecule has 19 heavy (non-hydrogen) atoms. The Labute approximate surface area is 118 Å². The summed E-state index contributed by atoms with van der Waals surface area (Å²) in [6.07, 6.45) is 0.314. The highest BCUT2D eigenvalue weighted by molar-refractivity contribution is 9.10. The van der Waals surface area contributed by atoms with Crippen LogP contribution in [-0.2, 0) is 4.79 Å². The normalized spacial score (nSPS) is 14.3. The van der Waals surface area contributed by atoms with Crippen LogP contribution in [0.2, 0.25) is 0 Å². The highest BCUT2D eigenvalue weighted by Gasteiger charge is 2.26. The van der Waals surface area contributed by atoms with Crippen molar-refractivity contribution in [2.24, 2.45) is 5.73 Å². The molecule has 1 aliphatic heterocycles. The van der Waals surface area contributed by atoms with Crippen molar-refractivity contribution in [1.29, 1.82) is 0 Å². The zero-order chi connectivity index (χ0) is 14.0. The molecule has 6 nitrogen and oxygen atoms in total. The van der Waals surface area contributed by atoms with E-state index >= 15 is 0 Å². The molecule has 0 amide bonds. The van der Waals surface area contributed by atoms with E-state index in [0.29, 0.717) is 33.7 Å². The van der Waals surface area contributed by atoms with Crippen molar-refractivity contribution in [2.75, 3.05) is 13.9 Å². The largest absolute Gasteiger partial charge is 0.495 e. The second-order valence-electron chi connectivity index (χ2n) is 4.09. The molecule has 0 bridgehead atoms. The first-order valence-corrected chi connectivity index (χ1v) is 6.47. The number of carboxylic acids is 1. The Balaban J connectivity index is 2.34. The summed E-state index contributed by atoms with van der Waals surface area (Å²) in [5.41, 5.74) is 6.72. The number of aliphatic carboxylic acids is 1. The van der Waals surface area contributed by atoms with Crippen LogP contribution in [0.25, 0.3) is 0 Å². The smallest absolute Gasteiger partial charge is 0.303 e. The van der Waals surface area contributed by atoms with Crippen LogP contribution in [0.3, 0.4) is 0 Å². The zero-order valence-corrected chi connectivity index (χ0v) is 11.9. The summed E-state index contributed by atoms with van der Waals surface area (Å²) >= 11 is 3.39. The summed E-state index contributed by atoms with van der Waals surface area (Å²) in [7, 11) is 1.52. The average Bonchev–Trinajstić information content (AvgIpc) is 2.84. The van der Waals surface area contributed by atoms with Crippen molar-refractivity contribution in [3.63, 3.8) is 0 Å². The van der Waals surface area contributed by atoms with E-state index in [0.717, 1.165) is 0 Å². The molecule has 1 aliphatic rings. The summed E-state index contributed by atoms with van der Waals surface area (Å²) in [6, 6.07) is 1.29. The number of benzene rings is 1. The molecule has 0 aliphatic carbocycles. The molecule has 3 N–H and O–H groups in total. The Morgan fingerprint density at radius 3 is 3.00 bits per heavy atom. The zero-order valence-electron chi connectivity index (χ0n) is 10.3. The molecule has 1 aromatic carbocycles. The molecule has 1 atom stereocenters. The predicted molar refractivity (Wildman–Crippen MR) is 70.6 cm³/mol. The molecule has 2 rings (SSSR count). The first kappa shape index (κ1) is 14.0. The van der Waals surface area contributed by atoms with Crippen molar-refractivity contribution >= 4 is 21.9 Å². The van der Waals surface area contributed by atoms with Gasteiger partial charge in [0.2, 0.25) is 6.79 Å². The summed E-state index contributed by atoms with van der Waals surface area (Å²) in [5.74, 6) is 0.816. The summed E-state index contributed by atoms with van der Waals surface area (Å²) in [6.45, 7) is 0.144. The number of halogens is 1. The van der Waals surface area contributed by atoms with Crippen molar-refractivity contribution < 1.29 is 24.1 Å². The monoisotopic (exact) mass is 331 g/mol. The molecule has 0 saturated carbocycles. The van der Waals surface area contributed by atoms with E-state index in [9.17, 15) is 4.79 Å². The van der Waals surface area contributed by atoms with Crippen molar-refractivity contribution in [1.82, 2.24) is 0 Å². The summed E-state index contributed by atoms with van der Waals surface area (Å²) < 4.78 is 16.6. The van der Waals surface area contributed by atoms with E-state index in [1.54, 1.807) is 6.07 Å². The molecule has 0 aromatic heterocycles. The average molecular weight is 332 g/mol. The molecule has 0 radical (unpaired) electrons. The fourth-order valence-electron chi connectivity index (χ4n) is 1.92. The molecule has 1 heterocycles. The van der Waals surface area contributed by atoms with Gasteiger partial charge in [-0.2, -0.15) is 0 Å². The van der Waals surface area contributed by atoms with Crippen LogP contribution < -0.4 is 19.9 Å². The first-order chi connectivity index (χ1) is 9.04. The highest BCUT2D eigenvalue weighted by atomic mass is 79.9. The number of rotatable bonds is 5. The number of hydrogen-bond acceptors (Lipinski definition) is 5. The molecule has 0 saturated heterocycles. The minimum absolute atomic E-state index is 0.00359. The summed E-state index contributed by atoms with van der Waals surface area (Å²) in [5, 5.41) is 8.70. The predicted octanol–water partition coefficient (Wildman–Crippen LogP) is 2.05. The third-order valence-corrected chi connectivity index (χ3v) is 3.58. The van der Waals surface area contributed by atoms with Crippen LogP contribution in [0.5, 0.6) is 17.2 Å². The molecule has 0 spiro atoms. The lowest BCUT2D eigenvalue weighted by atomic mass is 10.0. The minimum Gasteiger partial charge on any atom is -0.495 e. The van der Waals surface area contributed by atoms with Crippen molar-refractivity contribution in [3.8, 4) is 17.2 Å². The molecule has 1 unspecified atom stereocenters. The van der Waals surface area contributed by atoms with E-state index in [2.05, 4.69) is 15.9 Å². The van der Waals surface area contributed by atoms with Gasteiger partial charge in [0, 0.05) is 18.0 Å². The standard InChI is InChI=1S/C12H14BrNO5/c1-17-11-6(7(14)2-3-9(15)16)4-8-12(10(11)13)19-5-18-8/h4,7H,2-3,5,14H2,1H3,(H,15,16). The van der Waals surface area contributed by atoms with Gasteiger partial charge in [-0.25, -0.2) is 0 Å². The van der Waals surface area contributed by atoms with Crippen LogP contribution in [-0.4, -0.2) is 25.0 Å². The molecule has 104 valence electrons. The van der Waals surface area contributed by atoms with Crippen molar-refractivity contribution in [2.45, 2.75) is 18.9 Å². The van der Waals surface area contributed by atoms with Crippen LogP contribution in [0.4, 0.5) is 0 Å². The van der Waals surface area contributed by atoms with E-state index in [-0.39, 0.29) is 13.2 Å². The third kappa shape index (κ3) is 2.76. The number of nitrogens with two attached hydrogens (primary N) is 1. The Morgan fingerprint density at radius 2 is 2.37 bits per heavy atom. The third-order valence-electron chi connectivity index (χ3n) is 2.86. The second-order valence-corrected chi connectivity index (χ2v) is 4.88. The lowest BCUT2D eigenvalue weighted by Gasteiger charge is -2.17. The Hall–Kier alpha value is -1.47. The number of fused-ring (bicyclic) bond motifs is 1. The number of hydrogen-bond donors (Lipinski definition) is 2. The van der Waals surface area contributed by atoms with E-state index in [4.69, 9.17) is 25.1 Å². The van der Waals surface area contributed by atoms with Crippen LogP contribution in [0.15, 0.2) is 10.5 Å². The van der Waals surface area contributed by atoms with Crippen LogP contribution in [0.1, 0.15) is 24.4 Å². The summed E-state index contributed by atoms with van der Waals surface area (Å²) in [4.78, 5) is 10.6. The highest BCUT2D eigenvalue weighted by Crippen LogP contribution is 2.48.